The molecular weight excluding hydrogens is 717 g/mol. The number of fused-ring (bicyclic) bond motifs is 13. The van der Waals surface area contributed by atoms with Crippen molar-refractivity contribution in [2.45, 2.75) is 5.41 Å². The molecule has 1 spiro atoms. The quantitative estimate of drug-likeness (QED) is 0.168. The number of benzene rings is 9. The molecule has 0 radical (unpaired) electrons. The summed E-state index contributed by atoms with van der Waals surface area (Å²) in [6.07, 6.45) is 0. The Morgan fingerprint density at radius 3 is 1.27 bits per heavy atom. The number of nitrogens with zero attached hydrogens (tertiary/aromatic N) is 1. The summed E-state index contributed by atoms with van der Waals surface area (Å²) in [5.41, 5.74) is 18.5. The topological polar surface area (TPSA) is 21.7 Å². The number of ether oxygens (including phenoxy) is 2. The Morgan fingerprint density at radius 2 is 0.780 bits per heavy atom. The molecule has 13 rings (SSSR count). The van der Waals surface area contributed by atoms with E-state index in [2.05, 4.69) is 211 Å². The first kappa shape index (κ1) is 32.5. The number of anilines is 3. The van der Waals surface area contributed by atoms with Crippen molar-refractivity contribution < 1.29 is 9.47 Å². The van der Waals surface area contributed by atoms with Crippen molar-refractivity contribution >= 4 is 40.2 Å². The summed E-state index contributed by atoms with van der Waals surface area (Å²) in [6.45, 7) is -0.0930. The monoisotopic (exact) mass is 751 g/mol. The van der Waals surface area contributed by atoms with Crippen molar-refractivity contribution in [3.8, 4) is 56.4 Å². The molecule has 0 atom stereocenters. The molecule has 3 aliphatic heterocycles. The van der Waals surface area contributed by atoms with E-state index in [1.807, 2.05) is 0 Å². The third kappa shape index (κ3) is 4.49. The maximum atomic E-state index is 7.03. The minimum absolute atomic E-state index is 0.0930. The predicted molar refractivity (Wildman–Crippen MR) is 241 cm³/mol. The maximum Gasteiger partial charge on any atom is 0.260 e. The molecule has 0 saturated heterocycles. The summed E-state index contributed by atoms with van der Waals surface area (Å²) < 4.78 is 14.1. The largest absolute Gasteiger partial charge is 0.458 e. The zero-order valence-corrected chi connectivity index (χ0v) is 32.0. The number of hydrogen-bond acceptors (Lipinski definition) is 3. The van der Waals surface area contributed by atoms with Crippen molar-refractivity contribution in [1.82, 2.24) is 0 Å². The van der Waals surface area contributed by atoms with Gasteiger partial charge < -0.3 is 14.4 Å². The molecule has 9 aromatic rings. The van der Waals surface area contributed by atoms with Gasteiger partial charge in [0.05, 0.1) is 22.5 Å². The molecule has 59 heavy (non-hydrogen) atoms. The van der Waals surface area contributed by atoms with Crippen LogP contribution in [0, 0.1) is 0 Å². The molecule has 4 heteroatoms. The molecule has 0 saturated carbocycles. The highest BCUT2D eigenvalue weighted by atomic mass is 16.5. The second-order valence-corrected chi connectivity index (χ2v) is 15.9. The lowest BCUT2D eigenvalue weighted by Crippen LogP contribution is -2.57. The fourth-order valence-electron chi connectivity index (χ4n) is 10.6. The van der Waals surface area contributed by atoms with Crippen LogP contribution in [0.1, 0.15) is 22.3 Å². The Kier molecular flexibility index (Phi) is 6.74. The molecule has 0 bridgehead atoms. The fourth-order valence-corrected chi connectivity index (χ4v) is 10.6. The van der Waals surface area contributed by atoms with E-state index in [0.29, 0.717) is 0 Å². The Morgan fingerprint density at radius 1 is 0.356 bits per heavy atom. The predicted octanol–water partition coefficient (Wildman–Crippen LogP) is 11.9. The Balaban J connectivity index is 1.03. The van der Waals surface area contributed by atoms with Crippen LogP contribution in [0.15, 0.2) is 206 Å². The molecule has 3 nitrogen and oxygen atoms in total. The molecule has 0 fully saturated rings. The average molecular weight is 752 g/mol. The van der Waals surface area contributed by atoms with Crippen LogP contribution >= 0.6 is 0 Å². The molecule has 0 aromatic heterocycles. The van der Waals surface area contributed by atoms with Crippen LogP contribution in [0.3, 0.4) is 0 Å². The Labute approximate surface area is 343 Å². The second kappa shape index (κ2) is 12.2. The summed E-state index contributed by atoms with van der Waals surface area (Å²) in [4.78, 5) is 2.42. The smallest absolute Gasteiger partial charge is 0.260 e. The third-order valence-corrected chi connectivity index (χ3v) is 13.0. The van der Waals surface area contributed by atoms with Crippen LogP contribution in [0.4, 0.5) is 17.1 Å². The van der Waals surface area contributed by atoms with E-state index in [-0.39, 0.29) is 6.71 Å². The van der Waals surface area contributed by atoms with Crippen LogP contribution in [-0.2, 0) is 5.41 Å². The molecule has 274 valence electrons. The van der Waals surface area contributed by atoms with Crippen molar-refractivity contribution in [2.24, 2.45) is 0 Å². The van der Waals surface area contributed by atoms with Gasteiger partial charge in [-0.05, 0) is 90.8 Å². The minimum Gasteiger partial charge on any atom is -0.458 e. The van der Waals surface area contributed by atoms with Gasteiger partial charge in [-0.15, -0.1) is 0 Å². The van der Waals surface area contributed by atoms with Crippen LogP contribution in [-0.4, -0.2) is 6.71 Å². The van der Waals surface area contributed by atoms with Gasteiger partial charge >= 0.3 is 0 Å². The highest BCUT2D eigenvalue weighted by Crippen LogP contribution is 2.63. The fraction of sp³-hybridized carbons (Fsp3) is 0.0182. The van der Waals surface area contributed by atoms with E-state index in [1.165, 1.54) is 44.5 Å². The SMILES string of the molecule is c1ccc(-c2ccc3c(c2)B2c4cc(-c5ccccc5)ccc4Oc4cc(N5c6ccccc6C6(c7ccccc7-c7ccccc76)c6ccccc65)cc(c42)O3)cc1. The van der Waals surface area contributed by atoms with E-state index < -0.39 is 5.41 Å². The first-order valence-corrected chi connectivity index (χ1v) is 20.4. The van der Waals surface area contributed by atoms with E-state index in [0.717, 1.165) is 67.6 Å². The Bertz CT molecular complexity index is 2980. The molecular formula is C55H34BNO2. The normalized spacial score (nSPS) is 14.1. The van der Waals surface area contributed by atoms with Crippen LogP contribution in [0.5, 0.6) is 23.0 Å². The zero-order chi connectivity index (χ0) is 38.7. The van der Waals surface area contributed by atoms with Crippen LogP contribution < -0.4 is 30.8 Å². The van der Waals surface area contributed by atoms with Gasteiger partial charge in [0.2, 0.25) is 0 Å². The lowest BCUT2D eigenvalue weighted by atomic mass is 9.34. The summed E-state index contributed by atoms with van der Waals surface area (Å²) >= 11 is 0. The lowest BCUT2D eigenvalue weighted by molar-refractivity contribution is 0.465. The van der Waals surface area contributed by atoms with Gasteiger partial charge in [-0.25, -0.2) is 0 Å². The third-order valence-electron chi connectivity index (χ3n) is 13.0. The maximum absolute atomic E-state index is 7.03. The molecule has 3 heterocycles. The summed E-state index contributed by atoms with van der Waals surface area (Å²) in [7, 11) is 0. The van der Waals surface area contributed by atoms with Crippen molar-refractivity contribution in [2.75, 3.05) is 4.90 Å². The van der Waals surface area contributed by atoms with Crippen LogP contribution in [0.2, 0.25) is 0 Å². The minimum atomic E-state index is -0.484. The second-order valence-electron chi connectivity index (χ2n) is 15.9. The molecule has 4 aliphatic rings. The first-order chi connectivity index (χ1) is 29.3. The lowest BCUT2D eigenvalue weighted by Gasteiger charge is -2.45. The van der Waals surface area contributed by atoms with Gasteiger partial charge in [0.1, 0.15) is 23.0 Å². The standard InChI is InChI=1S/C55H34BNO2/c1-3-15-35(16-4-1)37-27-29-50-46(31-37)56-47-32-38(36-17-5-2-6-18-36)28-30-51(47)59-53-34-39(33-52(58-50)54(53)56)57-48-25-13-11-23-44(48)55(45-24-12-14-26-49(45)57)42-21-9-7-19-40(42)41-20-8-10-22-43(41)55/h1-34H. The van der Waals surface area contributed by atoms with Gasteiger partial charge in [0.15, 0.2) is 0 Å². The van der Waals surface area contributed by atoms with Crippen molar-refractivity contribution in [1.29, 1.82) is 0 Å². The van der Waals surface area contributed by atoms with Gasteiger partial charge in [-0.1, -0.05) is 170 Å². The van der Waals surface area contributed by atoms with E-state index >= 15 is 0 Å². The summed E-state index contributed by atoms with van der Waals surface area (Å²) in [5.74, 6) is 3.34. The molecule has 9 aromatic carbocycles. The summed E-state index contributed by atoms with van der Waals surface area (Å²) in [6, 6.07) is 74.7. The van der Waals surface area contributed by atoms with Gasteiger partial charge in [0, 0.05) is 17.6 Å². The van der Waals surface area contributed by atoms with Crippen molar-refractivity contribution in [3.05, 3.63) is 229 Å². The summed E-state index contributed by atoms with van der Waals surface area (Å²) in [5, 5.41) is 0. The van der Waals surface area contributed by atoms with Gasteiger partial charge in [-0.2, -0.15) is 0 Å². The van der Waals surface area contributed by atoms with E-state index in [1.54, 1.807) is 0 Å². The highest BCUT2D eigenvalue weighted by Gasteiger charge is 2.52. The Hall–Kier alpha value is -7.56. The van der Waals surface area contributed by atoms with Crippen LogP contribution in [0.25, 0.3) is 33.4 Å². The average Bonchev–Trinajstić information content (AvgIpc) is 3.60. The molecule has 1 aliphatic carbocycles. The first-order valence-electron chi connectivity index (χ1n) is 20.4. The number of hydrogen-bond donors (Lipinski definition) is 0. The van der Waals surface area contributed by atoms with Gasteiger partial charge in [0.25, 0.3) is 6.71 Å². The number of para-hydroxylation sites is 2. The molecule has 0 unspecified atom stereocenters. The highest BCUT2D eigenvalue weighted by molar-refractivity contribution is 6.98. The van der Waals surface area contributed by atoms with Crippen molar-refractivity contribution in [3.63, 3.8) is 0 Å². The number of rotatable bonds is 3. The molecule has 0 N–H and O–H groups in total. The van der Waals surface area contributed by atoms with Gasteiger partial charge in [-0.3, -0.25) is 0 Å². The molecule has 0 amide bonds. The van der Waals surface area contributed by atoms with E-state index in [9.17, 15) is 0 Å². The van der Waals surface area contributed by atoms with E-state index in [4.69, 9.17) is 9.47 Å². The zero-order valence-electron chi connectivity index (χ0n) is 32.0.